The van der Waals surface area contributed by atoms with Crippen molar-refractivity contribution in [2.75, 3.05) is 11.9 Å². The molecule has 0 saturated heterocycles. The second-order valence-corrected chi connectivity index (χ2v) is 7.39. The fraction of sp³-hybridized carbons (Fsp3) is 0.611. The fourth-order valence-electron chi connectivity index (χ4n) is 3.21. The molecule has 0 aliphatic heterocycles. The molecule has 1 amide bonds. The molecule has 25 heavy (non-hydrogen) atoms. The molecule has 2 unspecified atom stereocenters. The highest BCUT2D eigenvalue weighted by Crippen LogP contribution is 2.34. The van der Waals surface area contributed by atoms with Crippen molar-refractivity contribution in [3.63, 3.8) is 0 Å². The Hall–Kier alpha value is -1.89. The molecule has 1 saturated carbocycles. The maximum Gasteiger partial charge on any atom is 0.341 e. The summed E-state index contributed by atoms with van der Waals surface area (Å²) < 4.78 is 5.07. The van der Waals surface area contributed by atoms with E-state index in [0.29, 0.717) is 23.4 Å². The van der Waals surface area contributed by atoms with Crippen LogP contribution in [0.5, 0.6) is 0 Å². The van der Waals surface area contributed by atoms with Crippen molar-refractivity contribution in [3.05, 3.63) is 16.5 Å². The van der Waals surface area contributed by atoms with Crippen LogP contribution in [0.2, 0.25) is 0 Å². The number of rotatable bonds is 7. The second kappa shape index (κ2) is 8.99. The molecule has 1 aliphatic rings. The quantitative estimate of drug-likeness (QED) is 0.717. The third-order valence-corrected chi connectivity index (χ3v) is 5.54. The SMILES string of the molecule is CCCc1cc(C(=O)OCC)c(NC(=O)C2CCCCC2C(=O)O)s1. The number of aliphatic carboxylic acids is 1. The minimum atomic E-state index is -0.927. The minimum Gasteiger partial charge on any atom is -0.481 e. The van der Waals surface area contributed by atoms with Gasteiger partial charge in [0, 0.05) is 4.88 Å². The molecule has 2 atom stereocenters. The lowest BCUT2D eigenvalue weighted by molar-refractivity contribution is -0.147. The Morgan fingerprint density at radius 2 is 1.92 bits per heavy atom. The Bertz CT molecular complexity index is 639. The number of amides is 1. The molecule has 0 spiro atoms. The molecule has 1 heterocycles. The lowest BCUT2D eigenvalue weighted by Crippen LogP contribution is -2.36. The van der Waals surface area contributed by atoms with Gasteiger partial charge in [0.25, 0.3) is 0 Å². The smallest absolute Gasteiger partial charge is 0.341 e. The molecule has 7 heteroatoms. The molecule has 0 aromatic carbocycles. The van der Waals surface area contributed by atoms with Gasteiger partial charge in [0.1, 0.15) is 5.00 Å². The highest BCUT2D eigenvalue weighted by atomic mass is 32.1. The van der Waals surface area contributed by atoms with Gasteiger partial charge in [-0.2, -0.15) is 0 Å². The van der Waals surface area contributed by atoms with Crippen molar-refractivity contribution in [3.8, 4) is 0 Å². The fourth-order valence-corrected chi connectivity index (χ4v) is 4.36. The van der Waals surface area contributed by atoms with E-state index < -0.39 is 23.8 Å². The molecular formula is C18H25NO5S. The molecule has 1 fully saturated rings. The van der Waals surface area contributed by atoms with Crippen molar-refractivity contribution >= 4 is 34.2 Å². The summed E-state index contributed by atoms with van der Waals surface area (Å²) in [7, 11) is 0. The highest BCUT2D eigenvalue weighted by molar-refractivity contribution is 7.16. The van der Waals surface area contributed by atoms with Gasteiger partial charge in [-0.15, -0.1) is 11.3 Å². The summed E-state index contributed by atoms with van der Waals surface area (Å²) in [4.78, 5) is 37.2. The van der Waals surface area contributed by atoms with Crippen molar-refractivity contribution in [2.45, 2.75) is 52.4 Å². The van der Waals surface area contributed by atoms with E-state index in [0.717, 1.165) is 30.6 Å². The number of carbonyl (C=O) groups excluding carboxylic acids is 2. The zero-order valence-electron chi connectivity index (χ0n) is 14.7. The second-order valence-electron chi connectivity index (χ2n) is 6.25. The van der Waals surface area contributed by atoms with Crippen molar-refractivity contribution in [2.24, 2.45) is 11.8 Å². The van der Waals surface area contributed by atoms with Crippen LogP contribution in [-0.2, 0) is 20.7 Å². The first-order valence-corrected chi connectivity index (χ1v) is 9.63. The van der Waals surface area contributed by atoms with Crippen molar-refractivity contribution in [1.82, 2.24) is 0 Å². The average Bonchev–Trinajstić information content (AvgIpc) is 2.98. The van der Waals surface area contributed by atoms with Gasteiger partial charge in [-0.05, 0) is 32.3 Å². The van der Waals surface area contributed by atoms with E-state index >= 15 is 0 Å². The van der Waals surface area contributed by atoms with Crippen LogP contribution in [0.1, 0.15) is 61.2 Å². The van der Waals surface area contributed by atoms with Gasteiger partial charge in [0.2, 0.25) is 5.91 Å². The van der Waals surface area contributed by atoms with Crippen LogP contribution in [-0.4, -0.2) is 29.6 Å². The van der Waals surface area contributed by atoms with Crippen LogP contribution in [0.4, 0.5) is 5.00 Å². The van der Waals surface area contributed by atoms with E-state index in [-0.39, 0.29) is 12.5 Å². The predicted molar refractivity (Wildman–Crippen MR) is 96.0 cm³/mol. The number of aryl methyl sites for hydroxylation is 1. The molecule has 138 valence electrons. The van der Waals surface area contributed by atoms with Crippen LogP contribution in [0.25, 0.3) is 0 Å². The average molecular weight is 367 g/mol. The largest absolute Gasteiger partial charge is 0.481 e. The monoisotopic (exact) mass is 367 g/mol. The van der Waals surface area contributed by atoms with E-state index in [2.05, 4.69) is 5.32 Å². The normalized spacial score (nSPS) is 20.1. The number of hydrogen-bond acceptors (Lipinski definition) is 5. The number of carboxylic acid groups (broad SMARTS) is 1. The lowest BCUT2D eigenvalue weighted by atomic mass is 9.79. The Kier molecular flexibility index (Phi) is 6.99. The first-order valence-electron chi connectivity index (χ1n) is 8.81. The zero-order chi connectivity index (χ0) is 18.4. The number of carbonyl (C=O) groups is 3. The molecule has 2 rings (SSSR count). The first kappa shape index (κ1) is 19.4. The summed E-state index contributed by atoms with van der Waals surface area (Å²) in [5, 5.41) is 12.6. The molecule has 1 aliphatic carbocycles. The standard InChI is InChI=1S/C18H25NO5S/c1-3-7-11-10-14(18(23)24-4-2)16(25-11)19-15(20)12-8-5-6-9-13(12)17(21)22/h10,12-13H,3-9H2,1-2H3,(H,19,20)(H,21,22). The van der Waals surface area contributed by atoms with Crippen LogP contribution in [0, 0.1) is 11.8 Å². The Balaban J connectivity index is 2.20. The number of nitrogens with one attached hydrogen (secondary N) is 1. The minimum absolute atomic E-state index is 0.259. The molecule has 1 aromatic heterocycles. The van der Waals surface area contributed by atoms with Gasteiger partial charge >= 0.3 is 11.9 Å². The zero-order valence-corrected chi connectivity index (χ0v) is 15.5. The molecule has 2 N–H and O–H groups in total. The van der Waals surface area contributed by atoms with E-state index in [9.17, 15) is 19.5 Å². The lowest BCUT2D eigenvalue weighted by Gasteiger charge is -2.27. The van der Waals surface area contributed by atoms with Crippen molar-refractivity contribution < 1.29 is 24.2 Å². The molecule has 0 bridgehead atoms. The van der Waals surface area contributed by atoms with Gasteiger partial charge < -0.3 is 15.2 Å². The van der Waals surface area contributed by atoms with Crippen LogP contribution in [0.3, 0.4) is 0 Å². The van der Waals surface area contributed by atoms with Gasteiger partial charge in [0.05, 0.1) is 24.0 Å². The van der Waals surface area contributed by atoms with Crippen molar-refractivity contribution in [1.29, 1.82) is 0 Å². The van der Waals surface area contributed by atoms with Crippen LogP contribution < -0.4 is 5.32 Å². The molecule has 0 radical (unpaired) electrons. The molecular weight excluding hydrogens is 342 g/mol. The van der Waals surface area contributed by atoms with Gasteiger partial charge in [-0.1, -0.05) is 26.2 Å². The summed E-state index contributed by atoms with van der Waals surface area (Å²) in [5.41, 5.74) is 0.353. The number of ether oxygens (including phenoxy) is 1. The van der Waals surface area contributed by atoms with Crippen LogP contribution in [0.15, 0.2) is 6.07 Å². The van der Waals surface area contributed by atoms with Crippen LogP contribution >= 0.6 is 11.3 Å². The number of thiophene rings is 1. The van der Waals surface area contributed by atoms with Gasteiger partial charge in [-0.3, -0.25) is 9.59 Å². The topological polar surface area (TPSA) is 92.7 Å². The number of hydrogen-bond donors (Lipinski definition) is 2. The summed E-state index contributed by atoms with van der Waals surface area (Å²) in [6, 6.07) is 1.76. The van der Waals surface area contributed by atoms with E-state index in [1.807, 2.05) is 6.92 Å². The van der Waals surface area contributed by atoms with Gasteiger partial charge in [-0.25, -0.2) is 4.79 Å². The summed E-state index contributed by atoms with van der Waals surface area (Å²) in [6.45, 7) is 4.03. The Morgan fingerprint density at radius 1 is 1.24 bits per heavy atom. The maximum absolute atomic E-state index is 12.7. The summed E-state index contributed by atoms with van der Waals surface area (Å²) in [6.07, 6.45) is 4.50. The highest BCUT2D eigenvalue weighted by Gasteiger charge is 2.36. The summed E-state index contributed by atoms with van der Waals surface area (Å²) >= 11 is 1.36. The van der Waals surface area contributed by atoms with E-state index in [4.69, 9.17) is 4.74 Å². The molecule has 1 aromatic rings. The first-order chi connectivity index (χ1) is 12.0. The number of anilines is 1. The third kappa shape index (κ3) is 4.81. The Labute approximate surface area is 151 Å². The summed E-state index contributed by atoms with van der Waals surface area (Å²) in [5.74, 6) is -2.92. The predicted octanol–water partition coefficient (Wildman–Crippen LogP) is 3.71. The third-order valence-electron chi connectivity index (χ3n) is 4.43. The van der Waals surface area contributed by atoms with E-state index in [1.54, 1.807) is 13.0 Å². The van der Waals surface area contributed by atoms with Gasteiger partial charge in [0.15, 0.2) is 0 Å². The maximum atomic E-state index is 12.7. The Morgan fingerprint density at radius 3 is 2.52 bits per heavy atom. The molecule has 6 nitrogen and oxygen atoms in total. The number of esters is 1. The number of carboxylic acids is 1. The van der Waals surface area contributed by atoms with E-state index in [1.165, 1.54) is 11.3 Å².